The first-order chi connectivity index (χ1) is 10.7. The van der Waals surface area contributed by atoms with E-state index in [4.69, 9.17) is 14.2 Å². The third kappa shape index (κ3) is 2.57. The van der Waals surface area contributed by atoms with E-state index in [-0.39, 0.29) is 0 Å². The van der Waals surface area contributed by atoms with Gasteiger partial charge in [0.1, 0.15) is 18.1 Å². The van der Waals surface area contributed by atoms with Gasteiger partial charge >= 0.3 is 6.09 Å². The average Bonchev–Trinajstić information content (AvgIpc) is 2.72. The standard InChI is InChI=1S/C17H17NO4/c1-18-17(19)22-16-13-6-4-3-5-11(13)10-21-15-8-7-12(20-2)9-14(15)16/h3-9,16H,10H2,1-2H3,(H,18,19)/t16-/m1/s1. The SMILES string of the molecule is CNC(=O)O[C@@H]1c2ccccc2COc2ccc(OC)cc21. The molecule has 0 fully saturated rings. The number of hydrogen-bond donors (Lipinski definition) is 1. The van der Waals surface area contributed by atoms with Gasteiger partial charge in [-0.2, -0.15) is 0 Å². The Bertz CT molecular complexity index is 699. The van der Waals surface area contributed by atoms with Crippen molar-refractivity contribution in [3.8, 4) is 11.5 Å². The lowest BCUT2D eigenvalue weighted by atomic mass is 9.97. The number of amides is 1. The second-order valence-electron chi connectivity index (χ2n) is 4.93. The molecule has 0 spiro atoms. The van der Waals surface area contributed by atoms with Gasteiger partial charge in [-0.3, -0.25) is 0 Å². The minimum Gasteiger partial charge on any atom is -0.497 e. The predicted molar refractivity (Wildman–Crippen MR) is 81.2 cm³/mol. The van der Waals surface area contributed by atoms with Crippen LogP contribution in [0.4, 0.5) is 4.79 Å². The Morgan fingerprint density at radius 3 is 2.82 bits per heavy atom. The zero-order valence-corrected chi connectivity index (χ0v) is 12.5. The highest BCUT2D eigenvalue weighted by Gasteiger charge is 2.28. The van der Waals surface area contributed by atoms with Crippen molar-refractivity contribution >= 4 is 6.09 Å². The van der Waals surface area contributed by atoms with Gasteiger partial charge in [-0.15, -0.1) is 0 Å². The summed E-state index contributed by atoms with van der Waals surface area (Å²) in [5.41, 5.74) is 2.68. The molecule has 0 saturated carbocycles. The molecule has 0 saturated heterocycles. The maximum absolute atomic E-state index is 11.8. The van der Waals surface area contributed by atoms with E-state index >= 15 is 0 Å². The molecule has 0 unspecified atom stereocenters. The molecule has 0 aliphatic carbocycles. The molecule has 0 bridgehead atoms. The fraction of sp³-hybridized carbons (Fsp3) is 0.235. The zero-order chi connectivity index (χ0) is 15.5. The zero-order valence-electron chi connectivity index (χ0n) is 12.5. The minimum atomic E-state index is -0.538. The Hall–Kier alpha value is -2.69. The molecule has 2 aromatic rings. The van der Waals surface area contributed by atoms with Crippen molar-refractivity contribution in [2.24, 2.45) is 0 Å². The molecule has 1 heterocycles. The highest BCUT2D eigenvalue weighted by molar-refractivity contribution is 5.68. The molecule has 0 aromatic heterocycles. The second-order valence-corrected chi connectivity index (χ2v) is 4.93. The molecule has 3 rings (SSSR count). The molecule has 2 aromatic carbocycles. The molecular weight excluding hydrogens is 282 g/mol. The first-order valence-electron chi connectivity index (χ1n) is 7.00. The number of ether oxygens (including phenoxy) is 3. The van der Waals surface area contributed by atoms with Crippen LogP contribution in [0.15, 0.2) is 42.5 Å². The average molecular weight is 299 g/mol. The van der Waals surface area contributed by atoms with Crippen molar-refractivity contribution in [2.45, 2.75) is 12.7 Å². The molecule has 114 valence electrons. The van der Waals surface area contributed by atoms with E-state index in [1.54, 1.807) is 7.11 Å². The van der Waals surface area contributed by atoms with Gasteiger partial charge in [0.15, 0.2) is 6.10 Å². The highest BCUT2D eigenvalue weighted by atomic mass is 16.6. The summed E-state index contributed by atoms with van der Waals surface area (Å²) in [6.07, 6.45) is -1.03. The molecule has 5 heteroatoms. The van der Waals surface area contributed by atoms with Crippen LogP contribution in [0.3, 0.4) is 0 Å². The van der Waals surface area contributed by atoms with E-state index in [1.165, 1.54) is 7.05 Å². The fourth-order valence-corrected chi connectivity index (χ4v) is 2.53. The fourth-order valence-electron chi connectivity index (χ4n) is 2.53. The Labute approximate surface area is 128 Å². The van der Waals surface area contributed by atoms with Gasteiger partial charge in [0, 0.05) is 18.2 Å². The van der Waals surface area contributed by atoms with Gasteiger partial charge in [0.2, 0.25) is 0 Å². The van der Waals surface area contributed by atoms with Gasteiger partial charge in [0.05, 0.1) is 7.11 Å². The molecule has 1 aliphatic heterocycles. The predicted octanol–water partition coefficient (Wildman–Crippen LogP) is 3.03. The summed E-state index contributed by atoms with van der Waals surface area (Å²) in [5.74, 6) is 1.37. The van der Waals surface area contributed by atoms with E-state index < -0.39 is 12.2 Å². The molecule has 1 amide bonds. The number of alkyl carbamates (subject to hydrolysis) is 1. The molecule has 1 N–H and O–H groups in total. The summed E-state index contributed by atoms with van der Waals surface area (Å²) in [7, 11) is 3.13. The van der Waals surface area contributed by atoms with Crippen molar-refractivity contribution in [3.05, 3.63) is 59.2 Å². The number of carbonyl (C=O) groups excluding carboxylic acids is 1. The molecule has 1 aliphatic rings. The number of rotatable bonds is 2. The first kappa shape index (κ1) is 14.3. The maximum atomic E-state index is 11.8. The van der Waals surface area contributed by atoms with Crippen molar-refractivity contribution in [2.75, 3.05) is 14.2 Å². The van der Waals surface area contributed by atoms with Gasteiger partial charge < -0.3 is 19.5 Å². The van der Waals surface area contributed by atoms with Crippen molar-refractivity contribution in [3.63, 3.8) is 0 Å². The van der Waals surface area contributed by atoms with Gasteiger partial charge in [0.25, 0.3) is 0 Å². The van der Waals surface area contributed by atoms with E-state index in [2.05, 4.69) is 5.32 Å². The minimum absolute atomic E-state index is 0.434. The lowest BCUT2D eigenvalue weighted by Gasteiger charge is -2.19. The topological polar surface area (TPSA) is 56.8 Å². The number of nitrogens with one attached hydrogen (secondary N) is 1. The van der Waals surface area contributed by atoms with Crippen molar-refractivity contribution < 1.29 is 19.0 Å². The van der Waals surface area contributed by atoms with E-state index in [0.717, 1.165) is 16.7 Å². The molecule has 1 atom stereocenters. The summed E-state index contributed by atoms with van der Waals surface area (Å²) in [6.45, 7) is 0.434. The summed E-state index contributed by atoms with van der Waals surface area (Å²) in [6, 6.07) is 13.3. The molecule has 5 nitrogen and oxygen atoms in total. The quantitative estimate of drug-likeness (QED) is 0.926. The third-order valence-corrected chi connectivity index (χ3v) is 3.65. The normalized spacial score (nSPS) is 15.6. The van der Waals surface area contributed by atoms with Crippen LogP contribution in [0.2, 0.25) is 0 Å². The van der Waals surface area contributed by atoms with Crippen LogP contribution in [0, 0.1) is 0 Å². The van der Waals surface area contributed by atoms with Gasteiger partial charge in [-0.05, 0) is 23.8 Å². The van der Waals surface area contributed by atoms with Gasteiger partial charge in [-0.25, -0.2) is 4.79 Å². The van der Waals surface area contributed by atoms with Crippen molar-refractivity contribution in [1.82, 2.24) is 5.32 Å². The third-order valence-electron chi connectivity index (χ3n) is 3.65. The van der Waals surface area contributed by atoms with Crippen LogP contribution in [-0.4, -0.2) is 20.3 Å². The maximum Gasteiger partial charge on any atom is 0.407 e. The van der Waals surface area contributed by atoms with Gasteiger partial charge in [-0.1, -0.05) is 24.3 Å². The summed E-state index contributed by atoms with van der Waals surface area (Å²) in [5, 5.41) is 2.49. The summed E-state index contributed by atoms with van der Waals surface area (Å²) in [4.78, 5) is 11.8. The van der Waals surface area contributed by atoms with E-state index in [1.807, 2.05) is 42.5 Å². The van der Waals surface area contributed by atoms with Crippen LogP contribution in [0.25, 0.3) is 0 Å². The largest absolute Gasteiger partial charge is 0.497 e. The van der Waals surface area contributed by atoms with Crippen molar-refractivity contribution in [1.29, 1.82) is 0 Å². The number of fused-ring (bicyclic) bond motifs is 2. The molecule has 0 radical (unpaired) electrons. The summed E-state index contributed by atoms with van der Waals surface area (Å²) >= 11 is 0. The second kappa shape index (κ2) is 5.97. The Morgan fingerprint density at radius 1 is 1.23 bits per heavy atom. The Kier molecular flexibility index (Phi) is 3.87. The first-order valence-corrected chi connectivity index (χ1v) is 7.00. The molecular formula is C17H17NO4. The van der Waals surface area contributed by atoms with Crippen LogP contribution >= 0.6 is 0 Å². The number of methoxy groups -OCH3 is 1. The van der Waals surface area contributed by atoms with E-state index in [9.17, 15) is 4.79 Å². The number of carbonyl (C=O) groups is 1. The lowest BCUT2D eigenvalue weighted by molar-refractivity contribution is 0.118. The number of benzene rings is 2. The van der Waals surface area contributed by atoms with Crippen LogP contribution in [0.1, 0.15) is 22.8 Å². The summed E-state index contributed by atoms with van der Waals surface area (Å²) < 4.78 is 16.7. The smallest absolute Gasteiger partial charge is 0.407 e. The Morgan fingerprint density at radius 2 is 2.05 bits per heavy atom. The monoisotopic (exact) mass is 299 g/mol. The molecule has 22 heavy (non-hydrogen) atoms. The number of hydrogen-bond acceptors (Lipinski definition) is 4. The van der Waals surface area contributed by atoms with E-state index in [0.29, 0.717) is 18.1 Å². The Balaban J connectivity index is 2.13. The lowest BCUT2D eigenvalue weighted by Crippen LogP contribution is -2.22. The highest BCUT2D eigenvalue weighted by Crippen LogP contribution is 2.39. The van der Waals surface area contributed by atoms with Crippen LogP contribution in [0.5, 0.6) is 11.5 Å². The van der Waals surface area contributed by atoms with Crippen LogP contribution < -0.4 is 14.8 Å². The van der Waals surface area contributed by atoms with Crippen LogP contribution in [-0.2, 0) is 11.3 Å².